The number of carbonyl (C=O) groups is 1. The van der Waals surface area contributed by atoms with E-state index in [0.717, 1.165) is 4.88 Å². The Morgan fingerprint density at radius 3 is 2.89 bits per heavy atom. The smallest absolute Gasteiger partial charge is 0.246 e. The average Bonchev–Trinajstić information content (AvgIpc) is 2.96. The predicted octanol–water partition coefficient (Wildman–Crippen LogP) is 1.41. The molecule has 2 heterocycles. The molecule has 0 radical (unpaired) electrons. The summed E-state index contributed by atoms with van der Waals surface area (Å²) in [5.41, 5.74) is 0. The first kappa shape index (κ1) is 13.3. The summed E-state index contributed by atoms with van der Waals surface area (Å²) in [6.07, 6.45) is 5.04. The minimum Gasteiger partial charge on any atom is -0.338 e. The maximum atomic E-state index is 11.9. The van der Waals surface area contributed by atoms with Crippen LogP contribution in [0.25, 0.3) is 6.08 Å². The summed E-state index contributed by atoms with van der Waals surface area (Å²) < 4.78 is 22.8. The summed E-state index contributed by atoms with van der Waals surface area (Å²) in [4.78, 5) is 14.5. The van der Waals surface area contributed by atoms with Gasteiger partial charge >= 0.3 is 0 Å². The van der Waals surface area contributed by atoms with E-state index in [1.165, 1.54) is 12.3 Å². The molecule has 98 valence electrons. The highest BCUT2D eigenvalue weighted by Crippen LogP contribution is 2.17. The molecular formula is C12H15NO3S2. The van der Waals surface area contributed by atoms with E-state index < -0.39 is 15.1 Å². The fourth-order valence-corrected chi connectivity index (χ4v) is 3.53. The molecule has 0 unspecified atom stereocenters. The second-order valence-corrected chi connectivity index (χ2v) is 7.68. The van der Waals surface area contributed by atoms with Crippen LogP contribution in [0.3, 0.4) is 0 Å². The van der Waals surface area contributed by atoms with Gasteiger partial charge in [-0.2, -0.15) is 0 Å². The lowest BCUT2D eigenvalue weighted by Crippen LogP contribution is -2.30. The molecule has 1 aromatic heterocycles. The minimum atomic E-state index is -3.04. The number of sulfone groups is 1. The molecule has 1 atom stereocenters. The van der Waals surface area contributed by atoms with Crippen molar-refractivity contribution in [1.82, 2.24) is 4.90 Å². The zero-order chi connectivity index (χ0) is 13.2. The third-order valence-electron chi connectivity index (χ3n) is 3.00. The molecule has 0 aromatic carbocycles. The average molecular weight is 285 g/mol. The van der Waals surface area contributed by atoms with Crippen molar-refractivity contribution < 1.29 is 13.2 Å². The maximum absolute atomic E-state index is 11.9. The van der Waals surface area contributed by atoms with Gasteiger partial charge in [-0.05, 0) is 23.9 Å². The first-order valence-corrected chi connectivity index (χ1v) is 8.49. The third kappa shape index (κ3) is 3.20. The minimum absolute atomic E-state index is 0.116. The van der Waals surface area contributed by atoms with E-state index in [9.17, 15) is 13.2 Å². The fraction of sp³-hybridized carbons (Fsp3) is 0.417. The third-order valence-corrected chi connectivity index (χ3v) is 5.43. The van der Waals surface area contributed by atoms with E-state index in [1.807, 2.05) is 17.5 Å². The van der Waals surface area contributed by atoms with Crippen LogP contribution in [0.2, 0.25) is 0 Å². The molecule has 0 bridgehead atoms. The van der Waals surface area contributed by atoms with Crippen LogP contribution in [0.4, 0.5) is 0 Å². The summed E-state index contributed by atoms with van der Waals surface area (Å²) in [6.45, 7) is 0.831. The van der Waals surface area contributed by atoms with Gasteiger partial charge in [-0.1, -0.05) is 6.07 Å². The highest BCUT2D eigenvalue weighted by atomic mass is 32.2. The number of thiophene rings is 1. The van der Waals surface area contributed by atoms with Crippen LogP contribution in [0.15, 0.2) is 23.6 Å². The lowest BCUT2D eigenvalue weighted by atomic mass is 10.4. The molecule has 2 rings (SSSR count). The largest absolute Gasteiger partial charge is 0.338 e. The molecule has 1 aliphatic rings. The number of hydrogen-bond acceptors (Lipinski definition) is 4. The molecular weight excluding hydrogens is 270 g/mol. The molecule has 0 spiro atoms. The van der Waals surface area contributed by atoms with Crippen molar-refractivity contribution in [1.29, 1.82) is 0 Å². The van der Waals surface area contributed by atoms with E-state index in [0.29, 0.717) is 19.5 Å². The molecule has 18 heavy (non-hydrogen) atoms. The molecule has 1 aliphatic heterocycles. The Balaban J connectivity index is 1.96. The molecule has 1 aromatic rings. The Bertz CT molecular complexity index is 546. The van der Waals surface area contributed by atoms with Gasteiger partial charge in [0.05, 0.1) is 5.25 Å². The van der Waals surface area contributed by atoms with Gasteiger partial charge in [0.1, 0.15) is 0 Å². The Kier molecular flexibility index (Phi) is 3.87. The highest BCUT2D eigenvalue weighted by molar-refractivity contribution is 7.91. The van der Waals surface area contributed by atoms with Crippen LogP contribution < -0.4 is 0 Å². The second-order valence-electron chi connectivity index (χ2n) is 4.37. The summed E-state index contributed by atoms with van der Waals surface area (Å²) in [6, 6.07) is 3.85. The predicted molar refractivity (Wildman–Crippen MR) is 73.2 cm³/mol. The standard InChI is InChI=1S/C12H15NO3S2/c1-18(15,16)11-6-7-13(9-11)12(14)5-4-10-3-2-8-17-10/h2-5,8,11H,6-7,9H2,1H3/b5-4+/t11-/m1/s1. The van der Waals surface area contributed by atoms with Crippen molar-refractivity contribution >= 4 is 33.2 Å². The summed E-state index contributed by atoms with van der Waals surface area (Å²) >= 11 is 1.56. The number of likely N-dealkylation sites (tertiary alicyclic amines) is 1. The highest BCUT2D eigenvalue weighted by Gasteiger charge is 2.31. The molecule has 6 heteroatoms. The van der Waals surface area contributed by atoms with Gasteiger partial charge in [0, 0.05) is 30.3 Å². The lowest BCUT2D eigenvalue weighted by molar-refractivity contribution is -0.124. The van der Waals surface area contributed by atoms with E-state index in [-0.39, 0.29) is 5.91 Å². The van der Waals surface area contributed by atoms with Crippen LogP contribution in [0.1, 0.15) is 11.3 Å². The Hall–Kier alpha value is -1.14. The Morgan fingerprint density at radius 1 is 1.56 bits per heavy atom. The molecule has 1 saturated heterocycles. The molecule has 0 saturated carbocycles. The van der Waals surface area contributed by atoms with Crippen LogP contribution in [0.5, 0.6) is 0 Å². The van der Waals surface area contributed by atoms with Crippen molar-refractivity contribution in [3.63, 3.8) is 0 Å². The van der Waals surface area contributed by atoms with Crippen molar-refractivity contribution in [2.75, 3.05) is 19.3 Å². The zero-order valence-electron chi connectivity index (χ0n) is 10.1. The first-order valence-electron chi connectivity index (χ1n) is 5.66. The van der Waals surface area contributed by atoms with E-state index >= 15 is 0 Å². The maximum Gasteiger partial charge on any atom is 0.246 e. The van der Waals surface area contributed by atoms with Gasteiger partial charge in [-0.25, -0.2) is 8.42 Å². The van der Waals surface area contributed by atoms with Crippen molar-refractivity contribution in [3.05, 3.63) is 28.5 Å². The second kappa shape index (κ2) is 5.24. The van der Waals surface area contributed by atoms with E-state index in [4.69, 9.17) is 0 Å². The number of amides is 1. The fourth-order valence-electron chi connectivity index (χ4n) is 1.92. The normalized spacial score (nSPS) is 20.7. The Morgan fingerprint density at radius 2 is 2.33 bits per heavy atom. The van der Waals surface area contributed by atoms with Gasteiger partial charge in [-0.3, -0.25) is 4.79 Å². The van der Waals surface area contributed by atoms with E-state index in [2.05, 4.69) is 0 Å². The molecule has 1 amide bonds. The number of nitrogens with zero attached hydrogens (tertiary/aromatic N) is 1. The quantitative estimate of drug-likeness (QED) is 0.789. The molecule has 1 fully saturated rings. The topological polar surface area (TPSA) is 54.5 Å². The van der Waals surface area contributed by atoms with Crippen LogP contribution in [-0.2, 0) is 14.6 Å². The van der Waals surface area contributed by atoms with Crippen molar-refractivity contribution in [2.45, 2.75) is 11.7 Å². The summed E-state index contributed by atoms with van der Waals surface area (Å²) in [5, 5.41) is 1.54. The van der Waals surface area contributed by atoms with Gasteiger partial charge in [-0.15, -0.1) is 11.3 Å². The monoisotopic (exact) mass is 285 g/mol. The zero-order valence-corrected chi connectivity index (χ0v) is 11.7. The molecule has 0 N–H and O–H groups in total. The van der Waals surface area contributed by atoms with Gasteiger partial charge in [0.15, 0.2) is 9.84 Å². The molecule has 4 nitrogen and oxygen atoms in total. The van der Waals surface area contributed by atoms with Crippen LogP contribution in [-0.4, -0.2) is 43.8 Å². The molecule has 0 aliphatic carbocycles. The van der Waals surface area contributed by atoms with E-state index in [1.54, 1.807) is 22.3 Å². The van der Waals surface area contributed by atoms with Gasteiger partial charge < -0.3 is 4.90 Å². The summed E-state index contributed by atoms with van der Waals surface area (Å²) in [7, 11) is -3.04. The Labute approximate surface area is 111 Å². The van der Waals surface area contributed by atoms with Crippen LogP contribution in [0, 0.1) is 0 Å². The first-order chi connectivity index (χ1) is 8.47. The van der Waals surface area contributed by atoms with Crippen molar-refractivity contribution in [3.8, 4) is 0 Å². The summed E-state index contributed by atoms with van der Waals surface area (Å²) in [5.74, 6) is -0.116. The lowest BCUT2D eigenvalue weighted by Gasteiger charge is -2.13. The SMILES string of the molecule is CS(=O)(=O)[C@@H]1CCN(C(=O)/C=C/c2cccs2)C1. The van der Waals surface area contributed by atoms with Crippen LogP contribution >= 0.6 is 11.3 Å². The van der Waals surface area contributed by atoms with Gasteiger partial charge in [0.25, 0.3) is 0 Å². The number of carbonyl (C=O) groups excluding carboxylic acids is 1. The number of rotatable bonds is 3. The van der Waals surface area contributed by atoms with Gasteiger partial charge in [0.2, 0.25) is 5.91 Å². The van der Waals surface area contributed by atoms with Crippen molar-refractivity contribution in [2.24, 2.45) is 0 Å². The number of hydrogen-bond donors (Lipinski definition) is 0.